The lowest BCUT2D eigenvalue weighted by molar-refractivity contribution is -0.132. The number of carbonyl (C=O) groups is 2. The largest absolute Gasteiger partial charge is 0.339 e. The van der Waals surface area contributed by atoms with Gasteiger partial charge in [-0.05, 0) is 18.2 Å². The standard InChI is InChI=1S/C14H18FN3O2/c15-12-3-1-2-11(10-12)14(20)18-8-6-17(7-9-18)13(19)4-5-16/h1-3,10H,4-9,16H2. The summed E-state index contributed by atoms with van der Waals surface area (Å²) in [5.74, 6) is -0.603. The van der Waals surface area contributed by atoms with E-state index in [-0.39, 0.29) is 11.8 Å². The van der Waals surface area contributed by atoms with Gasteiger partial charge in [0.25, 0.3) is 5.91 Å². The molecule has 108 valence electrons. The number of rotatable bonds is 3. The van der Waals surface area contributed by atoms with Crippen molar-refractivity contribution in [3.05, 3.63) is 35.6 Å². The number of piperazine rings is 1. The summed E-state index contributed by atoms with van der Waals surface area (Å²) in [6, 6.07) is 5.65. The van der Waals surface area contributed by atoms with Crippen molar-refractivity contribution in [3.63, 3.8) is 0 Å². The fourth-order valence-corrected chi connectivity index (χ4v) is 2.24. The quantitative estimate of drug-likeness (QED) is 0.874. The van der Waals surface area contributed by atoms with Gasteiger partial charge in [-0.2, -0.15) is 0 Å². The molecule has 0 aromatic heterocycles. The summed E-state index contributed by atoms with van der Waals surface area (Å²) in [5.41, 5.74) is 5.69. The van der Waals surface area contributed by atoms with Crippen molar-refractivity contribution in [2.24, 2.45) is 5.73 Å². The van der Waals surface area contributed by atoms with Crippen molar-refractivity contribution in [2.75, 3.05) is 32.7 Å². The molecule has 1 aliphatic rings. The van der Waals surface area contributed by atoms with Gasteiger partial charge >= 0.3 is 0 Å². The molecule has 1 aliphatic heterocycles. The average Bonchev–Trinajstić information content (AvgIpc) is 2.47. The summed E-state index contributed by atoms with van der Waals surface area (Å²) in [4.78, 5) is 27.2. The maximum atomic E-state index is 13.1. The lowest BCUT2D eigenvalue weighted by atomic mass is 10.1. The highest BCUT2D eigenvalue weighted by Crippen LogP contribution is 2.11. The van der Waals surface area contributed by atoms with E-state index in [4.69, 9.17) is 5.73 Å². The molecule has 1 aromatic carbocycles. The summed E-state index contributed by atoms with van der Waals surface area (Å²) >= 11 is 0. The number of benzene rings is 1. The Bertz CT molecular complexity index is 499. The first-order valence-electron chi connectivity index (χ1n) is 6.64. The Morgan fingerprint density at radius 1 is 1.15 bits per heavy atom. The molecule has 1 saturated heterocycles. The smallest absolute Gasteiger partial charge is 0.254 e. The van der Waals surface area contributed by atoms with Crippen LogP contribution in [0.4, 0.5) is 4.39 Å². The summed E-state index contributed by atoms with van der Waals surface area (Å²) in [6.07, 6.45) is 0.331. The van der Waals surface area contributed by atoms with Crippen molar-refractivity contribution in [1.82, 2.24) is 9.80 Å². The molecule has 1 heterocycles. The number of nitrogens with zero attached hydrogens (tertiary/aromatic N) is 2. The van der Waals surface area contributed by atoms with Crippen LogP contribution in [0.5, 0.6) is 0 Å². The fourth-order valence-electron chi connectivity index (χ4n) is 2.24. The predicted octanol–water partition coefficient (Wildman–Crippen LogP) is 0.459. The molecule has 0 unspecified atom stereocenters. The van der Waals surface area contributed by atoms with E-state index in [1.54, 1.807) is 15.9 Å². The number of nitrogens with two attached hydrogens (primary N) is 1. The van der Waals surface area contributed by atoms with E-state index in [0.29, 0.717) is 44.7 Å². The molecule has 6 heteroatoms. The topological polar surface area (TPSA) is 66.6 Å². The highest BCUT2D eigenvalue weighted by atomic mass is 19.1. The molecule has 0 bridgehead atoms. The molecular formula is C14H18FN3O2. The number of carbonyl (C=O) groups excluding carboxylic acids is 2. The van der Waals surface area contributed by atoms with E-state index in [1.807, 2.05) is 0 Å². The molecule has 0 aliphatic carbocycles. The first kappa shape index (κ1) is 14.5. The van der Waals surface area contributed by atoms with Gasteiger partial charge in [-0.25, -0.2) is 4.39 Å². The molecule has 2 amide bonds. The van der Waals surface area contributed by atoms with E-state index in [0.717, 1.165) is 0 Å². The van der Waals surface area contributed by atoms with Gasteiger partial charge in [0.2, 0.25) is 5.91 Å². The molecule has 0 atom stereocenters. The molecule has 5 nitrogen and oxygen atoms in total. The molecule has 0 saturated carbocycles. The lowest BCUT2D eigenvalue weighted by Crippen LogP contribution is -2.50. The summed E-state index contributed by atoms with van der Waals surface area (Å²) in [6.45, 7) is 2.26. The highest BCUT2D eigenvalue weighted by Gasteiger charge is 2.24. The minimum Gasteiger partial charge on any atom is -0.339 e. The van der Waals surface area contributed by atoms with E-state index < -0.39 is 5.82 Å². The van der Waals surface area contributed by atoms with Gasteiger partial charge in [-0.3, -0.25) is 9.59 Å². The second kappa shape index (κ2) is 6.47. The zero-order valence-electron chi connectivity index (χ0n) is 11.2. The molecule has 2 rings (SSSR count). The van der Waals surface area contributed by atoms with Crippen LogP contribution < -0.4 is 5.73 Å². The Morgan fingerprint density at radius 2 is 1.80 bits per heavy atom. The van der Waals surface area contributed by atoms with Crippen molar-refractivity contribution < 1.29 is 14.0 Å². The maximum Gasteiger partial charge on any atom is 0.254 e. The van der Waals surface area contributed by atoms with Crippen molar-refractivity contribution in [1.29, 1.82) is 0 Å². The highest BCUT2D eigenvalue weighted by molar-refractivity contribution is 5.94. The Morgan fingerprint density at radius 3 is 2.40 bits per heavy atom. The first-order chi connectivity index (χ1) is 9.61. The second-order valence-corrected chi connectivity index (χ2v) is 4.72. The third kappa shape index (κ3) is 3.33. The van der Waals surface area contributed by atoms with E-state index in [2.05, 4.69) is 0 Å². The molecule has 20 heavy (non-hydrogen) atoms. The van der Waals surface area contributed by atoms with Crippen LogP contribution in [0, 0.1) is 5.82 Å². The molecule has 0 spiro atoms. The van der Waals surface area contributed by atoms with Crippen molar-refractivity contribution in [2.45, 2.75) is 6.42 Å². The van der Waals surface area contributed by atoms with Crippen LogP contribution in [0.1, 0.15) is 16.8 Å². The second-order valence-electron chi connectivity index (χ2n) is 4.72. The van der Waals surface area contributed by atoms with Crippen LogP contribution in [-0.2, 0) is 4.79 Å². The zero-order chi connectivity index (χ0) is 14.5. The Labute approximate surface area is 117 Å². The van der Waals surface area contributed by atoms with Crippen molar-refractivity contribution in [3.8, 4) is 0 Å². The molecule has 0 radical (unpaired) electrons. The van der Waals surface area contributed by atoms with E-state index in [1.165, 1.54) is 18.2 Å². The van der Waals surface area contributed by atoms with Gasteiger partial charge in [0.15, 0.2) is 0 Å². The monoisotopic (exact) mass is 279 g/mol. The molecular weight excluding hydrogens is 261 g/mol. The Hall–Kier alpha value is -1.95. The SMILES string of the molecule is NCCC(=O)N1CCN(C(=O)c2cccc(F)c2)CC1. The van der Waals surface area contributed by atoms with Gasteiger partial charge in [0.1, 0.15) is 5.82 Å². The average molecular weight is 279 g/mol. The van der Waals surface area contributed by atoms with Crippen LogP contribution in [0.15, 0.2) is 24.3 Å². The molecule has 1 aromatic rings. The minimum absolute atomic E-state index is 0.0188. The van der Waals surface area contributed by atoms with E-state index in [9.17, 15) is 14.0 Å². The Balaban J connectivity index is 1.93. The van der Waals surface area contributed by atoms with Gasteiger partial charge in [-0.1, -0.05) is 6.07 Å². The van der Waals surface area contributed by atoms with Crippen LogP contribution in [0.2, 0.25) is 0 Å². The van der Waals surface area contributed by atoms with Crippen LogP contribution in [0.3, 0.4) is 0 Å². The number of hydrogen-bond donors (Lipinski definition) is 1. The minimum atomic E-state index is -0.424. The number of hydrogen-bond acceptors (Lipinski definition) is 3. The van der Waals surface area contributed by atoms with Gasteiger partial charge < -0.3 is 15.5 Å². The van der Waals surface area contributed by atoms with Gasteiger partial charge in [0.05, 0.1) is 0 Å². The summed E-state index contributed by atoms with van der Waals surface area (Å²) in [5, 5.41) is 0. The number of amides is 2. The maximum absolute atomic E-state index is 13.1. The molecule has 1 fully saturated rings. The Kier molecular flexibility index (Phi) is 4.68. The van der Waals surface area contributed by atoms with E-state index >= 15 is 0 Å². The van der Waals surface area contributed by atoms with Crippen LogP contribution in [-0.4, -0.2) is 54.3 Å². The van der Waals surface area contributed by atoms with Gasteiger partial charge in [-0.15, -0.1) is 0 Å². The summed E-state index contributed by atoms with van der Waals surface area (Å²) in [7, 11) is 0. The van der Waals surface area contributed by atoms with Gasteiger partial charge in [0, 0.05) is 44.7 Å². The lowest BCUT2D eigenvalue weighted by Gasteiger charge is -2.34. The van der Waals surface area contributed by atoms with Crippen LogP contribution in [0.25, 0.3) is 0 Å². The predicted molar refractivity (Wildman–Crippen MR) is 72.6 cm³/mol. The molecule has 2 N–H and O–H groups in total. The van der Waals surface area contributed by atoms with Crippen LogP contribution >= 0.6 is 0 Å². The van der Waals surface area contributed by atoms with Crippen molar-refractivity contribution >= 4 is 11.8 Å². The summed E-state index contributed by atoms with van der Waals surface area (Å²) < 4.78 is 13.1. The first-order valence-corrected chi connectivity index (χ1v) is 6.64. The fraction of sp³-hybridized carbons (Fsp3) is 0.429. The zero-order valence-corrected chi connectivity index (χ0v) is 11.2. The number of halogens is 1. The third-order valence-corrected chi connectivity index (χ3v) is 3.35. The normalized spacial score (nSPS) is 15.3. The third-order valence-electron chi connectivity index (χ3n) is 3.35.